The molecule has 0 unspecified atom stereocenters. The van der Waals surface area contributed by atoms with Crippen molar-refractivity contribution < 1.29 is 14.3 Å². The standard InChI is InChI=1S/C25H33BrN2O3/c1-6-18(4)27-25(30)19(5)28(15-20-10-9-11-21(26)14-20)24(29)16-31-23-13-8-7-12-22(23)17(2)3/h7-14,17-19H,6,15-16H2,1-5H3,(H,27,30)/t18-,19+/m0/s1. The van der Waals surface area contributed by atoms with Crippen LogP contribution in [0.2, 0.25) is 0 Å². The molecule has 2 aromatic carbocycles. The maximum atomic E-state index is 13.2. The van der Waals surface area contributed by atoms with Crippen molar-refractivity contribution in [3.05, 3.63) is 64.1 Å². The summed E-state index contributed by atoms with van der Waals surface area (Å²) in [5.41, 5.74) is 1.99. The number of ether oxygens (including phenoxy) is 1. The molecule has 168 valence electrons. The highest BCUT2D eigenvalue weighted by atomic mass is 79.9. The van der Waals surface area contributed by atoms with Gasteiger partial charge >= 0.3 is 0 Å². The second-order valence-corrected chi connectivity index (χ2v) is 9.04. The van der Waals surface area contributed by atoms with E-state index in [0.717, 1.165) is 22.0 Å². The highest BCUT2D eigenvalue weighted by Gasteiger charge is 2.27. The van der Waals surface area contributed by atoms with Gasteiger partial charge in [0.25, 0.3) is 5.91 Å². The van der Waals surface area contributed by atoms with E-state index in [0.29, 0.717) is 12.3 Å². The molecule has 2 atom stereocenters. The quantitative estimate of drug-likeness (QED) is 0.494. The van der Waals surface area contributed by atoms with Gasteiger partial charge in [-0.3, -0.25) is 9.59 Å². The van der Waals surface area contributed by atoms with E-state index in [-0.39, 0.29) is 30.4 Å². The van der Waals surface area contributed by atoms with Crippen LogP contribution in [0.1, 0.15) is 58.1 Å². The summed E-state index contributed by atoms with van der Waals surface area (Å²) in [7, 11) is 0. The van der Waals surface area contributed by atoms with Gasteiger partial charge in [0.2, 0.25) is 5.91 Å². The second kappa shape index (κ2) is 11.9. The molecule has 2 aromatic rings. The predicted octanol–water partition coefficient (Wildman–Crippen LogP) is 5.28. The van der Waals surface area contributed by atoms with Crippen molar-refractivity contribution in [2.45, 2.75) is 65.6 Å². The van der Waals surface area contributed by atoms with Crippen molar-refractivity contribution in [1.29, 1.82) is 0 Å². The van der Waals surface area contributed by atoms with Gasteiger partial charge in [0, 0.05) is 17.1 Å². The van der Waals surface area contributed by atoms with Crippen LogP contribution < -0.4 is 10.1 Å². The molecule has 0 saturated heterocycles. The Morgan fingerprint density at radius 3 is 2.42 bits per heavy atom. The van der Waals surface area contributed by atoms with E-state index >= 15 is 0 Å². The highest BCUT2D eigenvalue weighted by Crippen LogP contribution is 2.26. The smallest absolute Gasteiger partial charge is 0.261 e. The lowest BCUT2D eigenvalue weighted by Gasteiger charge is -2.30. The maximum absolute atomic E-state index is 13.2. The van der Waals surface area contributed by atoms with Crippen LogP contribution in [-0.2, 0) is 16.1 Å². The van der Waals surface area contributed by atoms with E-state index in [1.165, 1.54) is 0 Å². The van der Waals surface area contributed by atoms with Gasteiger partial charge in [-0.2, -0.15) is 0 Å². The predicted molar refractivity (Wildman–Crippen MR) is 128 cm³/mol. The van der Waals surface area contributed by atoms with Crippen molar-refractivity contribution in [2.75, 3.05) is 6.61 Å². The summed E-state index contributed by atoms with van der Waals surface area (Å²) in [4.78, 5) is 27.6. The molecule has 0 aliphatic heterocycles. The van der Waals surface area contributed by atoms with Crippen LogP contribution in [0, 0.1) is 0 Å². The first-order valence-corrected chi connectivity index (χ1v) is 11.6. The van der Waals surface area contributed by atoms with Crippen LogP contribution in [-0.4, -0.2) is 35.4 Å². The first-order valence-electron chi connectivity index (χ1n) is 10.8. The Kier molecular flexibility index (Phi) is 9.56. The lowest BCUT2D eigenvalue weighted by Crippen LogP contribution is -2.50. The SMILES string of the molecule is CC[C@H](C)NC(=O)[C@@H](C)N(Cc1cccc(Br)c1)C(=O)COc1ccccc1C(C)C. The third-order valence-corrected chi connectivity index (χ3v) is 5.80. The molecular weight excluding hydrogens is 456 g/mol. The number of halogens is 1. The zero-order chi connectivity index (χ0) is 23.0. The van der Waals surface area contributed by atoms with Gasteiger partial charge < -0.3 is 15.0 Å². The number of hydrogen-bond acceptors (Lipinski definition) is 3. The normalized spacial score (nSPS) is 12.9. The largest absolute Gasteiger partial charge is 0.483 e. The Balaban J connectivity index is 2.20. The molecule has 0 fully saturated rings. The number of benzene rings is 2. The lowest BCUT2D eigenvalue weighted by atomic mass is 10.0. The molecule has 0 aliphatic carbocycles. The number of carbonyl (C=O) groups excluding carboxylic acids is 2. The molecule has 0 spiro atoms. The minimum atomic E-state index is -0.621. The lowest BCUT2D eigenvalue weighted by molar-refractivity contribution is -0.142. The zero-order valence-electron chi connectivity index (χ0n) is 19.0. The molecular formula is C25H33BrN2O3. The molecule has 0 bridgehead atoms. The van der Waals surface area contributed by atoms with E-state index in [1.807, 2.05) is 62.4 Å². The summed E-state index contributed by atoms with van der Waals surface area (Å²) >= 11 is 3.47. The van der Waals surface area contributed by atoms with E-state index in [4.69, 9.17) is 4.74 Å². The number of hydrogen-bond donors (Lipinski definition) is 1. The van der Waals surface area contributed by atoms with Gasteiger partial charge in [0.05, 0.1) is 0 Å². The first-order chi connectivity index (χ1) is 14.7. The van der Waals surface area contributed by atoms with Gasteiger partial charge in [-0.15, -0.1) is 0 Å². The van der Waals surface area contributed by atoms with Crippen LogP contribution in [0.5, 0.6) is 5.75 Å². The van der Waals surface area contributed by atoms with Crippen LogP contribution in [0.25, 0.3) is 0 Å². The molecule has 6 heteroatoms. The molecule has 2 amide bonds. The van der Waals surface area contributed by atoms with Gasteiger partial charge in [0.15, 0.2) is 6.61 Å². The fraction of sp³-hybridized carbons (Fsp3) is 0.440. The van der Waals surface area contributed by atoms with E-state index in [9.17, 15) is 9.59 Å². The van der Waals surface area contributed by atoms with E-state index in [2.05, 4.69) is 35.1 Å². The molecule has 0 saturated carbocycles. The van der Waals surface area contributed by atoms with Gasteiger partial charge in [-0.25, -0.2) is 0 Å². The molecule has 31 heavy (non-hydrogen) atoms. The fourth-order valence-corrected chi connectivity index (χ4v) is 3.64. The number of rotatable bonds is 10. The van der Waals surface area contributed by atoms with Crippen molar-refractivity contribution in [3.63, 3.8) is 0 Å². The third-order valence-electron chi connectivity index (χ3n) is 5.30. The van der Waals surface area contributed by atoms with Crippen LogP contribution in [0.4, 0.5) is 0 Å². The molecule has 1 N–H and O–H groups in total. The van der Waals surface area contributed by atoms with E-state index < -0.39 is 6.04 Å². The van der Waals surface area contributed by atoms with E-state index in [1.54, 1.807) is 11.8 Å². The number of carbonyl (C=O) groups is 2. The van der Waals surface area contributed by atoms with Crippen LogP contribution in [0.15, 0.2) is 53.0 Å². The molecule has 5 nitrogen and oxygen atoms in total. The Bertz CT molecular complexity index is 885. The van der Waals surface area contributed by atoms with Crippen molar-refractivity contribution in [2.24, 2.45) is 0 Å². The summed E-state index contributed by atoms with van der Waals surface area (Å²) < 4.78 is 6.83. The monoisotopic (exact) mass is 488 g/mol. The average molecular weight is 489 g/mol. The topological polar surface area (TPSA) is 58.6 Å². The summed E-state index contributed by atoms with van der Waals surface area (Å²) in [6, 6.07) is 14.9. The first kappa shape index (κ1) is 24.9. The zero-order valence-corrected chi connectivity index (χ0v) is 20.6. The van der Waals surface area contributed by atoms with Gasteiger partial charge in [0.1, 0.15) is 11.8 Å². The molecule has 0 aliphatic rings. The summed E-state index contributed by atoms with van der Waals surface area (Å²) in [5, 5.41) is 2.98. The Labute approximate surface area is 194 Å². The Hall–Kier alpha value is -2.34. The molecule has 0 aromatic heterocycles. The number of nitrogens with one attached hydrogen (secondary N) is 1. The van der Waals surface area contributed by atoms with Crippen molar-refractivity contribution >= 4 is 27.7 Å². The van der Waals surface area contributed by atoms with Gasteiger partial charge in [-0.05, 0) is 55.5 Å². The van der Waals surface area contributed by atoms with Crippen LogP contribution >= 0.6 is 15.9 Å². The third kappa shape index (κ3) is 7.39. The Morgan fingerprint density at radius 2 is 1.77 bits per heavy atom. The minimum Gasteiger partial charge on any atom is -0.483 e. The molecule has 0 radical (unpaired) electrons. The molecule has 2 rings (SSSR count). The highest BCUT2D eigenvalue weighted by molar-refractivity contribution is 9.10. The number of para-hydroxylation sites is 1. The maximum Gasteiger partial charge on any atom is 0.261 e. The van der Waals surface area contributed by atoms with Crippen LogP contribution in [0.3, 0.4) is 0 Å². The van der Waals surface area contributed by atoms with Crippen molar-refractivity contribution in [3.8, 4) is 5.75 Å². The van der Waals surface area contributed by atoms with Gasteiger partial charge in [-0.1, -0.05) is 67.0 Å². The minimum absolute atomic E-state index is 0.0481. The molecule has 0 heterocycles. The summed E-state index contributed by atoms with van der Waals surface area (Å²) in [5.74, 6) is 0.583. The summed E-state index contributed by atoms with van der Waals surface area (Å²) in [6.07, 6.45) is 0.827. The van der Waals surface area contributed by atoms with Crippen molar-refractivity contribution in [1.82, 2.24) is 10.2 Å². The number of nitrogens with zero attached hydrogens (tertiary/aromatic N) is 1. The second-order valence-electron chi connectivity index (χ2n) is 8.13. The number of amides is 2. The summed E-state index contributed by atoms with van der Waals surface area (Å²) in [6.45, 7) is 10.1. The Morgan fingerprint density at radius 1 is 1.06 bits per heavy atom. The average Bonchev–Trinajstić information content (AvgIpc) is 2.75. The fourth-order valence-electron chi connectivity index (χ4n) is 3.19.